The van der Waals surface area contributed by atoms with Crippen LogP contribution in [0.5, 0.6) is 11.5 Å². The van der Waals surface area contributed by atoms with Gasteiger partial charge in [0.1, 0.15) is 12.1 Å². The number of anilines is 1. The number of aromatic nitrogens is 2. The number of imidazole rings is 1. The maximum atomic E-state index is 12.3. The largest absolute Gasteiger partial charge is 0.493 e. The lowest BCUT2D eigenvalue weighted by Gasteiger charge is -2.12. The molecule has 1 aromatic carbocycles. The predicted molar refractivity (Wildman–Crippen MR) is 85.1 cm³/mol. The molecule has 0 aliphatic heterocycles. The maximum absolute atomic E-state index is 12.3. The zero-order valence-corrected chi connectivity index (χ0v) is 13.6. The Kier molecular flexibility index (Phi) is 5.25. The molecule has 0 unspecified atom stereocenters. The lowest BCUT2D eigenvalue weighted by molar-refractivity contribution is 0.102. The number of amides is 1. The van der Waals surface area contributed by atoms with Crippen molar-refractivity contribution in [1.82, 2.24) is 9.97 Å². The Balaban J connectivity index is 2.30. The van der Waals surface area contributed by atoms with Crippen LogP contribution < -0.4 is 14.8 Å². The van der Waals surface area contributed by atoms with E-state index in [1.807, 2.05) is 0 Å². The molecule has 24 heavy (non-hydrogen) atoms. The number of ether oxygens (including phenoxy) is 2. The number of H-pyrrole nitrogens is 1. The van der Waals surface area contributed by atoms with Gasteiger partial charge >= 0.3 is 0 Å². The second kappa shape index (κ2) is 7.36. The zero-order valence-electron chi connectivity index (χ0n) is 12.8. The van der Waals surface area contributed by atoms with Crippen molar-refractivity contribution in [3.8, 4) is 23.6 Å². The van der Waals surface area contributed by atoms with Crippen molar-refractivity contribution in [2.75, 3.05) is 19.0 Å². The minimum atomic E-state index is -0.541. The molecule has 9 heteroatoms. The standard InChI is InChI=1S/C15H12ClN5O3/c1-3-24-13-9(16)4-8(5-12(13)23-2)14(22)21-15-19-10(6-17)11(7-18)20-15/h4-5H,3H2,1-2H3,(H2,19,20,21,22). The summed E-state index contributed by atoms with van der Waals surface area (Å²) in [6.07, 6.45) is 0. The molecule has 1 amide bonds. The average molecular weight is 346 g/mol. The number of aromatic amines is 1. The predicted octanol–water partition coefficient (Wildman–Crippen LogP) is 2.47. The Morgan fingerprint density at radius 3 is 2.71 bits per heavy atom. The molecule has 0 bridgehead atoms. The quantitative estimate of drug-likeness (QED) is 0.857. The van der Waals surface area contributed by atoms with Gasteiger partial charge in [0.25, 0.3) is 5.91 Å². The number of carbonyl (C=O) groups is 1. The molecule has 0 spiro atoms. The molecule has 0 aliphatic carbocycles. The van der Waals surface area contributed by atoms with E-state index in [0.717, 1.165) is 0 Å². The monoisotopic (exact) mass is 345 g/mol. The molecule has 0 saturated carbocycles. The summed E-state index contributed by atoms with van der Waals surface area (Å²) in [6, 6.07) is 6.42. The summed E-state index contributed by atoms with van der Waals surface area (Å²) in [5.41, 5.74) is 0.0685. The summed E-state index contributed by atoms with van der Waals surface area (Å²) in [7, 11) is 1.43. The first kappa shape index (κ1) is 17.1. The molecule has 2 N–H and O–H groups in total. The van der Waals surface area contributed by atoms with Crippen molar-refractivity contribution in [3.63, 3.8) is 0 Å². The van der Waals surface area contributed by atoms with Gasteiger partial charge in [-0.2, -0.15) is 10.5 Å². The number of halogens is 1. The highest BCUT2D eigenvalue weighted by Crippen LogP contribution is 2.36. The van der Waals surface area contributed by atoms with Gasteiger partial charge in [-0.3, -0.25) is 10.1 Å². The van der Waals surface area contributed by atoms with E-state index in [0.29, 0.717) is 18.1 Å². The van der Waals surface area contributed by atoms with Crippen LogP contribution in [-0.2, 0) is 0 Å². The number of hydrogen-bond acceptors (Lipinski definition) is 6. The van der Waals surface area contributed by atoms with E-state index in [1.54, 1.807) is 19.1 Å². The summed E-state index contributed by atoms with van der Waals surface area (Å²) in [4.78, 5) is 18.7. The van der Waals surface area contributed by atoms with Gasteiger partial charge in [-0.05, 0) is 19.1 Å². The van der Waals surface area contributed by atoms with Crippen LogP contribution >= 0.6 is 11.6 Å². The Bertz CT molecular complexity index is 832. The molecule has 1 heterocycles. The minimum Gasteiger partial charge on any atom is -0.493 e. The fraction of sp³-hybridized carbons (Fsp3) is 0.200. The highest BCUT2D eigenvalue weighted by atomic mass is 35.5. The maximum Gasteiger partial charge on any atom is 0.258 e. The van der Waals surface area contributed by atoms with Crippen LogP contribution in [0.15, 0.2) is 12.1 Å². The van der Waals surface area contributed by atoms with E-state index in [2.05, 4.69) is 15.3 Å². The van der Waals surface area contributed by atoms with Crippen molar-refractivity contribution in [3.05, 3.63) is 34.1 Å². The highest BCUT2D eigenvalue weighted by molar-refractivity contribution is 6.32. The van der Waals surface area contributed by atoms with E-state index in [1.165, 1.54) is 19.2 Å². The first-order chi connectivity index (χ1) is 11.5. The van der Waals surface area contributed by atoms with Crippen molar-refractivity contribution in [2.45, 2.75) is 6.92 Å². The Hall–Kier alpha value is -3.23. The number of benzene rings is 1. The van der Waals surface area contributed by atoms with Crippen LogP contribution in [0.1, 0.15) is 28.7 Å². The van der Waals surface area contributed by atoms with Crippen LogP contribution in [0.2, 0.25) is 5.02 Å². The lowest BCUT2D eigenvalue weighted by Crippen LogP contribution is -2.13. The average Bonchev–Trinajstić information content (AvgIpc) is 2.98. The van der Waals surface area contributed by atoms with Gasteiger partial charge in [0.05, 0.1) is 18.7 Å². The Morgan fingerprint density at radius 1 is 1.42 bits per heavy atom. The molecule has 0 fully saturated rings. The summed E-state index contributed by atoms with van der Waals surface area (Å²) in [5.74, 6) is 0.0946. The number of rotatable bonds is 5. The number of nitriles is 2. The van der Waals surface area contributed by atoms with Gasteiger partial charge < -0.3 is 14.5 Å². The second-order valence-electron chi connectivity index (χ2n) is 4.41. The van der Waals surface area contributed by atoms with Gasteiger partial charge in [-0.1, -0.05) is 11.6 Å². The summed E-state index contributed by atoms with van der Waals surface area (Å²) in [6.45, 7) is 2.19. The van der Waals surface area contributed by atoms with Crippen molar-refractivity contribution < 1.29 is 14.3 Å². The van der Waals surface area contributed by atoms with Gasteiger partial charge in [0, 0.05) is 5.56 Å². The first-order valence-electron chi connectivity index (χ1n) is 6.75. The molecule has 1 aromatic heterocycles. The zero-order chi connectivity index (χ0) is 17.7. The first-order valence-corrected chi connectivity index (χ1v) is 7.13. The minimum absolute atomic E-state index is 0.0166. The van der Waals surface area contributed by atoms with Crippen molar-refractivity contribution in [1.29, 1.82) is 10.5 Å². The number of hydrogen-bond donors (Lipinski definition) is 2. The third-order valence-electron chi connectivity index (χ3n) is 2.93. The molecule has 2 aromatic rings. The van der Waals surface area contributed by atoms with E-state index in [9.17, 15) is 4.79 Å². The third kappa shape index (κ3) is 3.40. The van der Waals surface area contributed by atoms with Crippen LogP contribution in [0, 0.1) is 22.7 Å². The molecular weight excluding hydrogens is 334 g/mol. The Labute approximate surface area is 142 Å². The van der Waals surface area contributed by atoms with Crippen LogP contribution in [-0.4, -0.2) is 29.6 Å². The van der Waals surface area contributed by atoms with Crippen LogP contribution in [0.25, 0.3) is 0 Å². The smallest absolute Gasteiger partial charge is 0.258 e. The summed E-state index contributed by atoms with van der Waals surface area (Å²) in [5, 5.41) is 20.4. The van der Waals surface area contributed by atoms with Gasteiger partial charge in [-0.15, -0.1) is 0 Å². The molecule has 0 radical (unpaired) electrons. The molecule has 2 rings (SSSR count). The topological polar surface area (TPSA) is 124 Å². The van der Waals surface area contributed by atoms with E-state index >= 15 is 0 Å². The molecule has 0 atom stereocenters. The normalized spacial score (nSPS) is 9.71. The molecule has 0 saturated heterocycles. The highest BCUT2D eigenvalue weighted by Gasteiger charge is 2.17. The van der Waals surface area contributed by atoms with Gasteiger partial charge in [0.15, 0.2) is 22.9 Å². The van der Waals surface area contributed by atoms with E-state index in [-0.39, 0.29) is 27.9 Å². The molecular formula is C15H12ClN5O3. The number of nitrogens with one attached hydrogen (secondary N) is 2. The third-order valence-corrected chi connectivity index (χ3v) is 3.21. The van der Waals surface area contributed by atoms with Crippen molar-refractivity contribution in [2.24, 2.45) is 0 Å². The van der Waals surface area contributed by atoms with Gasteiger partial charge in [-0.25, -0.2) is 4.98 Å². The molecule has 0 aliphatic rings. The number of nitrogens with zero attached hydrogens (tertiary/aromatic N) is 3. The lowest BCUT2D eigenvalue weighted by atomic mass is 10.2. The fourth-order valence-corrected chi connectivity index (χ4v) is 2.17. The Morgan fingerprint density at radius 2 is 2.17 bits per heavy atom. The summed E-state index contributed by atoms with van der Waals surface area (Å²) >= 11 is 6.12. The van der Waals surface area contributed by atoms with Crippen LogP contribution in [0.3, 0.4) is 0 Å². The van der Waals surface area contributed by atoms with E-state index < -0.39 is 5.91 Å². The second-order valence-corrected chi connectivity index (χ2v) is 4.82. The van der Waals surface area contributed by atoms with E-state index in [4.69, 9.17) is 31.6 Å². The molecule has 122 valence electrons. The number of methoxy groups -OCH3 is 1. The SMILES string of the molecule is CCOc1c(Cl)cc(C(=O)Nc2nc(C#N)c(C#N)[nH]2)cc1OC. The fourth-order valence-electron chi connectivity index (χ4n) is 1.91. The van der Waals surface area contributed by atoms with Gasteiger partial charge in [0.2, 0.25) is 5.95 Å². The molecule has 8 nitrogen and oxygen atoms in total. The summed E-state index contributed by atoms with van der Waals surface area (Å²) < 4.78 is 10.6. The van der Waals surface area contributed by atoms with Crippen LogP contribution in [0.4, 0.5) is 5.95 Å². The van der Waals surface area contributed by atoms with Crippen molar-refractivity contribution >= 4 is 23.5 Å². The number of carbonyl (C=O) groups excluding carboxylic acids is 1.